The molecule has 34 heavy (non-hydrogen) atoms. The molecule has 1 saturated heterocycles. The zero-order valence-corrected chi connectivity index (χ0v) is 19.7. The van der Waals surface area contributed by atoms with Gasteiger partial charge in [-0.2, -0.15) is 0 Å². The lowest BCUT2D eigenvalue weighted by Gasteiger charge is -2.14. The molecule has 3 amide bonds. The van der Waals surface area contributed by atoms with Crippen molar-refractivity contribution < 1.29 is 19.3 Å². The van der Waals surface area contributed by atoms with Crippen molar-refractivity contribution in [2.24, 2.45) is 0 Å². The van der Waals surface area contributed by atoms with Gasteiger partial charge in [0.15, 0.2) is 0 Å². The number of thioether (sulfide) groups is 1. The summed E-state index contributed by atoms with van der Waals surface area (Å²) in [5, 5.41) is 11.0. The van der Waals surface area contributed by atoms with E-state index >= 15 is 0 Å². The highest BCUT2D eigenvalue weighted by Gasteiger charge is 2.31. The first-order valence-electron chi connectivity index (χ1n) is 10.5. The van der Waals surface area contributed by atoms with E-state index in [9.17, 15) is 24.5 Å². The molecule has 0 saturated carbocycles. The normalized spacial score (nSPS) is 14.4. The van der Waals surface area contributed by atoms with E-state index in [0.717, 1.165) is 5.56 Å². The highest BCUT2D eigenvalue weighted by molar-refractivity contribution is 8.26. The molecule has 176 valence electrons. The van der Waals surface area contributed by atoms with Crippen LogP contribution in [0.1, 0.15) is 41.6 Å². The Hall–Kier alpha value is -3.57. The first kappa shape index (κ1) is 25.1. The van der Waals surface area contributed by atoms with Crippen LogP contribution >= 0.6 is 24.0 Å². The number of hydrogen-bond acceptors (Lipinski definition) is 7. The quantitative estimate of drug-likeness (QED) is 0.177. The number of carbonyl (C=O) groups excluding carboxylic acids is 3. The maximum absolute atomic E-state index is 12.6. The molecule has 11 heteroatoms. The van der Waals surface area contributed by atoms with E-state index in [4.69, 9.17) is 12.2 Å². The third-order valence-corrected chi connectivity index (χ3v) is 6.30. The average molecular weight is 499 g/mol. The fraction of sp³-hybridized carbons (Fsp3) is 0.217. The monoisotopic (exact) mass is 498 g/mol. The first-order chi connectivity index (χ1) is 16.4. The summed E-state index contributed by atoms with van der Waals surface area (Å²) in [5.41, 5.74) is 4.91. The molecule has 2 aromatic rings. The molecule has 0 aromatic heterocycles. The summed E-state index contributed by atoms with van der Waals surface area (Å²) in [5.74, 6) is -1.30. The summed E-state index contributed by atoms with van der Waals surface area (Å²) in [6, 6.07) is 15.0. The highest BCUT2D eigenvalue weighted by atomic mass is 32.2. The van der Waals surface area contributed by atoms with E-state index in [1.54, 1.807) is 4.90 Å². The van der Waals surface area contributed by atoms with Gasteiger partial charge in [0.2, 0.25) is 5.91 Å². The molecule has 1 aliphatic rings. The number of para-hydroxylation sites is 1. The SMILES string of the molecule is O=C(CCCCCN1C(=O)C(=Cc2ccccc2)SC1=S)NNC(=O)c1ccccc1[N+](=O)[O-]. The van der Waals surface area contributed by atoms with Crippen molar-refractivity contribution >= 4 is 57.8 Å². The lowest BCUT2D eigenvalue weighted by atomic mass is 10.1. The number of nitro groups is 1. The van der Waals surface area contributed by atoms with E-state index in [1.165, 1.54) is 36.0 Å². The Labute approximate surface area is 205 Å². The number of amides is 3. The van der Waals surface area contributed by atoms with Crippen LogP contribution in [0.25, 0.3) is 6.08 Å². The van der Waals surface area contributed by atoms with Gasteiger partial charge in [-0.25, -0.2) is 0 Å². The van der Waals surface area contributed by atoms with Crippen LogP contribution in [0.15, 0.2) is 59.5 Å². The Bertz CT molecular complexity index is 1140. The van der Waals surface area contributed by atoms with Crippen molar-refractivity contribution in [2.45, 2.75) is 25.7 Å². The molecule has 0 radical (unpaired) electrons. The molecule has 0 aliphatic carbocycles. The molecule has 0 bridgehead atoms. The molecule has 0 spiro atoms. The van der Waals surface area contributed by atoms with Gasteiger partial charge in [-0.1, -0.05) is 72.9 Å². The molecular formula is C23H22N4O5S2. The molecule has 2 N–H and O–H groups in total. The number of unbranched alkanes of at least 4 members (excludes halogenated alkanes) is 2. The minimum Gasteiger partial charge on any atom is -0.293 e. The van der Waals surface area contributed by atoms with Crippen LogP contribution < -0.4 is 10.9 Å². The number of nitro benzene ring substituents is 1. The van der Waals surface area contributed by atoms with Crippen LogP contribution in [0, 0.1) is 10.1 Å². The second-order valence-electron chi connectivity index (χ2n) is 7.33. The number of carbonyl (C=O) groups is 3. The van der Waals surface area contributed by atoms with E-state index in [0.29, 0.717) is 35.0 Å². The zero-order valence-electron chi connectivity index (χ0n) is 18.1. The van der Waals surface area contributed by atoms with Gasteiger partial charge in [0.1, 0.15) is 9.88 Å². The van der Waals surface area contributed by atoms with Gasteiger partial charge in [-0.05, 0) is 30.5 Å². The number of nitrogens with one attached hydrogen (secondary N) is 2. The Morgan fingerprint density at radius 3 is 2.47 bits per heavy atom. The first-order valence-corrected chi connectivity index (χ1v) is 11.7. The summed E-state index contributed by atoms with van der Waals surface area (Å²) in [6.45, 7) is 0.465. The predicted octanol–water partition coefficient (Wildman–Crippen LogP) is 3.82. The Morgan fingerprint density at radius 1 is 1.03 bits per heavy atom. The molecular weight excluding hydrogens is 476 g/mol. The van der Waals surface area contributed by atoms with Gasteiger partial charge < -0.3 is 0 Å². The third kappa shape index (κ3) is 6.72. The number of hydrogen-bond donors (Lipinski definition) is 2. The standard InChI is InChI=1S/C23H22N4O5S2/c28-20(24-25-21(29)17-11-6-7-12-18(17)27(31)32)13-5-2-8-14-26-22(30)19(34-23(26)33)15-16-9-3-1-4-10-16/h1,3-4,6-7,9-12,15H,2,5,8,13-14H2,(H,24,28)(H,25,29). The number of rotatable bonds is 9. The number of nitrogens with zero attached hydrogens (tertiary/aromatic N) is 2. The van der Waals surface area contributed by atoms with Gasteiger partial charge in [-0.15, -0.1) is 0 Å². The Morgan fingerprint density at radius 2 is 1.74 bits per heavy atom. The summed E-state index contributed by atoms with van der Waals surface area (Å²) >= 11 is 6.61. The lowest BCUT2D eigenvalue weighted by molar-refractivity contribution is -0.385. The van der Waals surface area contributed by atoms with Crippen molar-refractivity contribution in [3.8, 4) is 0 Å². The highest BCUT2D eigenvalue weighted by Crippen LogP contribution is 2.32. The topological polar surface area (TPSA) is 122 Å². The summed E-state index contributed by atoms with van der Waals surface area (Å²) < 4.78 is 0.516. The molecule has 1 fully saturated rings. The van der Waals surface area contributed by atoms with Gasteiger partial charge in [0, 0.05) is 19.0 Å². The van der Waals surface area contributed by atoms with Gasteiger partial charge in [0.05, 0.1) is 9.83 Å². The van der Waals surface area contributed by atoms with E-state index in [1.807, 2.05) is 36.4 Å². The summed E-state index contributed by atoms with van der Waals surface area (Å²) in [7, 11) is 0. The largest absolute Gasteiger partial charge is 0.293 e. The number of thiocarbonyl (C=S) groups is 1. The maximum atomic E-state index is 12.6. The second kappa shape index (κ2) is 12.1. The third-order valence-electron chi connectivity index (χ3n) is 4.92. The van der Waals surface area contributed by atoms with Crippen LogP contribution in [0.5, 0.6) is 0 Å². The Kier molecular flexibility index (Phi) is 8.88. The van der Waals surface area contributed by atoms with E-state index in [2.05, 4.69) is 10.9 Å². The smallest absolute Gasteiger partial charge is 0.282 e. The van der Waals surface area contributed by atoms with Gasteiger partial charge in [-0.3, -0.25) is 40.2 Å². The minimum atomic E-state index is -0.765. The van der Waals surface area contributed by atoms with E-state index in [-0.39, 0.29) is 23.6 Å². The molecule has 9 nitrogen and oxygen atoms in total. The van der Waals surface area contributed by atoms with Crippen molar-refractivity contribution in [3.05, 3.63) is 80.7 Å². The minimum absolute atomic E-state index is 0.116. The molecule has 1 heterocycles. The fourth-order valence-electron chi connectivity index (χ4n) is 3.21. The van der Waals surface area contributed by atoms with Crippen LogP contribution in [0.2, 0.25) is 0 Å². The molecule has 3 rings (SSSR count). The zero-order chi connectivity index (χ0) is 24.5. The molecule has 0 atom stereocenters. The Balaban J connectivity index is 1.37. The van der Waals surface area contributed by atoms with Gasteiger partial charge >= 0.3 is 0 Å². The molecule has 2 aromatic carbocycles. The lowest BCUT2D eigenvalue weighted by Crippen LogP contribution is -2.41. The van der Waals surface area contributed by atoms with Crippen LogP contribution in [-0.4, -0.2) is 38.4 Å². The summed E-state index contributed by atoms with van der Waals surface area (Å²) in [4.78, 5) is 49.2. The summed E-state index contributed by atoms with van der Waals surface area (Å²) in [6.07, 6.45) is 3.87. The van der Waals surface area contributed by atoms with Crippen molar-refractivity contribution in [2.75, 3.05) is 6.54 Å². The molecule has 1 aliphatic heterocycles. The van der Waals surface area contributed by atoms with Crippen LogP contribution in [-0.2, 0) is 9.59 Å². The average Bonchev–Trinajstić information content (AvgIpc) is 3.10. The number of hydrazine groups is 1. The molecule has 0 unspecified atom stereocenters. The second-order valence-corrected chi connectivity index (χ2v) is 9.01. The fourth-order valence-corrected chi connectivity index (χ4v) is 4.52. The van der Waals surface area contributed by atoms with Crippen molar-refractivity contribution in [3.63, 3.8) is 0 Å². The predicted molar refractivity (Wildman–Crippen MR) is 133 cm³/mol. The van der Waals surface area contributed by atoms with Gasteiger partial charge in [0.25, 0.3) is 17.5 Å². The van der Waals surface area contributed by atoms with Crippen molar-refractivity contribution in [1.82, 2.24) is 15.8 Å². The van der Waals surface area contributed by atoms with Crippen LogP contribution in [0.4, 0.5) is 5.69 Å². The van der Waals surface area contributed by atoms with Crippen LogP contribution in [0.3, 0.4) is 0 Å². The number of benzene rings is 2. The van der Waals surface area contributed by atoms with Crippen molar-refractivity contribution in [1.29, 1.82) is 0 Å². The maximum Gasteiger partial charge on any atom is 0.282 e. The van der Waals surface area contributed by atoms with E-state index < -0.39 is 16.7 Å².